The Kier molecular flexibility index (Phi) is 23.4. The van der Waals surface area contributed by atoms with E-state index in [0.717, 1.165) is 5.57 Å². The average molecular weight is 802 g/mol. The van der Waals surface area contributed by atoms with Crippen molar-refractivity contribution in [3.63, 3.8) is 0 Å². The molecule has 0 aromatic heterocycles. The van der Waals surface area contributed by atoms with E-state index in [1.165, 1.54) is 72.5 Å². The van der Waals surface area contributed by atoms with Gasteiger partial charge < -0.3 is 6.58 Å². The van der Waals surface area contributed by atoms with E-state index in [0.29, 0.717) is 15.8 Å². The van der Waals surface area contributed by atoms with E-state index in [-0.39, 0.29) is 0 Å². The minimum atomic E-state index is -1.48. The average Bonchev–Trinajstić information content (AvgIpc) is 3.08. The summed E-state index contributed by atoms with van der Waals surface area (Å²) < 4.78 is 0. The molecule has 0 aromatic rings. The van der Waals surface area contributed by atoms with Crippen LogP contribution in [0, 0.1) is 6.58 Å². The van der Waals surface area contributed by atoms with Crippen LogP contribution in [0.25, 0.3) is 0 Å². The molecule has 0 bridgehead atoms. The van der Waals surface area contributed by atoms with E-state index < -0.39 is 13.5 Å². The summed E-state index contributed by atoms with van der Waals surface area (Å²) in [5, 5.41) is 3.31. The van der Waals surface area contributed by atoms with Crippen molar-refractivity contribution in [2.75, 3.05) is 0 Å². The first-order chi connectivity index (χ1) is 22.4. The van der Waals surface area contributed by atoms with E-state index >= 15 is 0 Å². The Morgan fingerprint density at radius 3 is 0.630 bits per heavy atom. The number of hydrogen-bond acceptors (Lipinski definition) is 0. The Balaban J connectivity index is 0.000000204. The summed E-state index contributed by atoms with van der Waals surface area (Å²) in [4.78, 5) is 0. The molecule has 46 heavy (non-hydrogen) atoms. The summed E-state index contributed by atoms with van der Waals surface area (Å²) >= 11 is -1.48. The zero-order valence-corrected chi connectivity index (χ0v) is 35.5. The van der Waals surface area contributed by atoms with Crippen LogP contribution in [-0.4, -0.2) is 39.1 Å². The number of rotatable bonds is 6. The van der Waals surface area contributed by atoms with Gasteiger partial charge in [0.15, 0.2) is 0 Å². The van der Waals surface area contributed by atoms with Gasteiger partial charge in [-0.05, 0) is 111 Å². The van der Waals surface area contributed by atoms with Crippen LogP contribution >= 0.6 is 35.2 Å². The van der Waals surface area contributed by atoms with E-state index in [4.69, 9.17) is 26.0 Å². The number of hydrogen-bond donors (Lipinski definition) is 0. The van der Waals surface area contributed by atoms with Crippen LogP contribution in [0.2, 0.25) is 0 Å². The first-order valence-corrected chi connectivity index (χ1v) is 29.1. The molecule has 0 heterocycles. The van der Waals surface area contributed by atoms with Crippen molar-refractivity contribution in [2.45, 2.75) is 240 Å². The Bertz CT molecular complexity index is 625. The molecule has 0 N–H and O–H groups in total. The fraction of sp³-hybridized carbons (Fsp3) is 0.927. The molecule has 5 heteroatoms. The third-order valence-corrected chi connectivity index (χ3v) is 20.1. The summed E-state index contributed by atoms with van der Waals surface area (Å²) in [6, 6.07) is 0. The van der Waals surface area contributed by atoms with Crippen LogP contribution < -0.4 is 0 Å². The molecule has 6 aliphatic rings. The monoisotopic (exact) mass is 801 g/mol. The molecule has 6 aliphatic carbocycles. The molecule has 0 spiro atoms. The molecule has 0 radical (unpaired) electrons. The van der Waals surface area contributed by atoms with Crippen LogP contribution in [0.3, 0.4) is 0 Å². The SMILES string of the molecule is C1CCC(P(C2CCCCC2)C2CCCCC2)CC1.C1CCC(P(C2CCCCC2)C2CCCCC2)CC1.[CH-]=C(C)C.[CH2]=[Ru]([Cl])[Cl]. The van der Waals surface area contributed by atoms with Gasteiger partial charge in [-0.1, -0.05) is 145 Å². The summed E-state index contributed by atoms with van der Waals surface area (Å²) in [6.07, 6.45) is 47.2. The number of halogens is 2. The Labute approximate surface area is 304 Å². The Morgan fingerprint density at radius 1 is 0.413 bits per heavy atom. The predicted molar refractivity (Wildman–Crippen MR) is 213 cm³/mol. The molecular weight excluding hydrogens is 726 g/mol. The quantitative estimate of drug-likeness (QED) is 0.143. The van der Waals surface area contributed by atoms with Crippen molar-refractivity contribution < 1.29 is 13.5 Å². The first kappa shape index (κ1) is 42.1. The van der Waals surface area contributed by atoms with Crippen molar-refractivity contribution in [3.05, 3.63) is 12.2 Å². The molecule has 272 valence electrons. The van der Waals surface area contributed by atoms with Crippen LogP contribution in [0.5, 0.6) is 0 Å². The molecular formula is C41H75Cl2P2Ru-. The van der Waals surface area contributed by atoms with Crippen molar-refractivity contribution in [1.82, 2.24) is 0 Å². The van der Waals surface area contributed by atoms with Gasteiger partial charge in [0.05, 0.1) is 0 Å². The van der Waals surface area contributed by atoms with Crippen molar-refractivity contribution in [2.24, 2.45) is 0 Å². The van der Waals surface area contributed by atoms with Crippen LogP contribution in [0.1, 0.15) is 206 Å². The van der Waals surface area contributed by atoms with Crippen molar-refractivity contribution in [3.8, 4) is 0 Å². The van der Waals surface area contributed by atoms with Gasteiger partial charge in [0, 0.05) is 0 Å². The normalized spacial score (nSPS) is 25.4. The van der Waals surface area contributed by atoms with Gasteiger partial charge in [-0.25, -0.2) is 0 Å². The van der Waals surface area contributed by atoms with Crippen molar-refractivity contribution >= 4 is 40.3 Å². The molecule has 0 aliphatic heterocycles. The molecule has 0 atom stereocenters. The summed E-state index contributed by atoms with van der Waals surface area (Å²) in [7, 11) is 10.9. The maximum absolute atomic E-state index is 5.07. The molecule has 6 fully saturated rings. The summed E-state index contributed by atoms with van der Waals surface area (Å²) in [5.41, 5.74) is 8.06. The third-order valence-electron chi connectivity index (χ3n) is 12.0. The fourth-order valence-corrected chi connectivity index (χ4v) is 19.4. The molecule has 6 rings (SSSR count). The van der Waals surface area contributed by atoms with E-state index in [1.807, 2.05) is 13.8 Å². The van der Waals surface area contributed by atoms with Gasteiger partial charge in [0.2, 0.25) is 0 Å². The van der Waals surface area contributed by atoms with E-state index in [1.54, 1.807) is 154 Å². The maximum atomic E-state index is 5.07. The zero-order valence-electron chi connectivity index (χ0n) is 30.5. The minimum absolute atomic E-state index is 0.385. The Hall–Kier alpha value is 1.67. The molecule has 6 saturated carbocycles. The van der Waals surface area contributed by atoms with Crippen LogP contribution in [0.4, 0.5) is 0 Å². The first-order valence-electron chi connectivity index (χ1n) is 20.3. The molecule has 0 aromatic carbocycles. The third kappa shape index (κ3) is 16.8. The van der Waals surface area contributed by atoms with Crippen LogP contribution in [0.15, 0.2) is 5.57 Å². The Morgan fingerprint density at radius 2 is 0.522 bits per heavy atom. The second-order valence-electron chi connectivity index (χ2n) is 16.0. The standard InChI is InChI=1S/2C18H33P.C4H7.CH2.2ClH.Ru/c2*1-4-10-16(11-5-1)19(17-12-6-2-7-13-17)18-14-8-3-9-15-18;1-4(2)3;;;;/h2*16-18H,1-15H2;1H,2-3H3;1H2;2*1H;/q;;-1;;;;+2/p-2. The van der Waals surface area contributed by atoms with E-state index in [2.05, 4.69) is 5.11 Å². The van der Waals surface area contributed by atoms with E-state index in [9.17, 15) is 0 Å². The summed E-state index contributed by atoms with van der Waals surface area (Å²) in [5.74, 6) is 0. The second kappa shape index (κ2) is 25.6. The molecule has 0 amide bonds. The van der Waals surface area contributed by atoms with Gasteiger partial charge in [0.25, 0.3) is 0 Å². The predicted octanol–water partition coefficient (Wildman–Crippen LogP) is 15.7. The molecule has 0 saturated heterocycles. The second-order valence-corrected chi connectivity index (χ2v) is 27.9. The van der Waals surface area contributed by atoms with Gasteiger partial charge in [-0.3, -0.25) is 5.57 Å². The topological polar surface area (TPSA) is 0 Å². The van der Waals surface area contributed by atoms with Gasteiger partial charge in [-0.2, -0.15) is 0 Å². The van der Waals surface area contributed by atoms with Crippen molar-refractivity contribution in [1.29, 1.82) is 0 Å². The van der Waals surface area contributed by atoms with Gasteiger partial charge in [0.1, 0.15) is 0 Å². The number of allylic oxidation sites excluding steroid dienone is 1. The van der Waals surface area contributed by atoms with Crippen LogP contribution in [-0.2, 0) is 13.5 Å². The van der Waals surface area contributed by atoms with Gasteiger partial charge in [-0.15, -0.1) is 0 Å². The van der Waals surface area contributed by atoms with Gasteiger partial charge >= 0.3 is 38.0 Å². The molecule has 0 nitrogen and oxygen atoms in total. The fourth-order valence-electron chi connectivity index (χ4n) is 10.1. The summed E-state index contributed by atoms with van der Waals surface area (Å²) in [6.45, 7) is 8.75. The zero-order chi connectivity index (χ0) is 33.0. The molecule has 0 unspecified atom stereocenters.